The van der Waals surface area contributed by atoms with Crippen molar-refractivity contribution in [2.45, 2.75) is 51.9 Å². The number of ether oxygens (including phenoxy) is 1. The van der Waals surface area contributed by atoms with Gasteiger partial charge in [-0.1, -0.05) is 0 Å². The average Bonchev–Trinajstić information content (AvgIpc) is 2.49. The van der Waals surface area contributed by atoms with Gasteiger partial charge in [-0.3, -0.25) is 0 Å². The highest BCUT2D eigenvalue weighted by Gasteiger charge is 2.52. The van der Waals surface area contributed by atoms with Crippen LogP contribution in [-0.2, 0) is 14.0 Å². The van der Waals surface area contributed by atoms with Gasteiger partial charge in [-0.2, -0.15) is 0 Å². The lowest BCUT2D eigenvalue weighted by atomic mass is 9.79. The summed E-state index contributed by atoms with van der Waals surface area (Å²) in [4.78, 5) is 0. The molecule has 0 aromatic carbocycles. The molecule has 108 valence electrons. The standard InChI is InChI=1S/C13H25BN2O3/c1-10(9-17-6)16-8-11(7-15)14-18-12(2,3)13(4,5)19-14/h7-8,10,15-16H,9H2,1-6H3/b11-8+,15-7?. The molecule has 1 unspecified atom stereocenters. The van der Waals surface area contributed by atoms with E-state index in [-0.39, 0.29) is 6.04 Å². The summed E-state index contributed by atoms with van der Waals surface area (Å²) in [5.41, 5.74) is -0.114. The summed E-state index contributed by atoms with van der Waals surface area (Å²) in [6, 6.07) is 0.169. The van der Waals surface area contributed by atoms with E-state index in [2.05, 4.69) is 5.32 Å². The quantitative estimate of drug-likeness (QED) is 0.569. The Morgan fingerprint density at radius 3 is 2.26 bits per heavy atom. The Kier molecular flexibility index (Phi) is 5.18. The molecule has 0 aliphatic carbocycles. The lowest BCUT2D eigenvalue weighted by Gasteiger charge is -2.32. The first-order valence-corrected chi connectivity index (χ1v) is 6.54. The number of hydrogen-bond acceptors (Lipinski definition) is 5. The van der Waals surface area contributed by atoms with Crippen LogP contribution in [0.4, 0.5) is 0 Å². The van der Waals surface area contributed by atoms with Crippen molar-refractivity contribution < 1.29 is 14.0 Å². The molecule has 1 atom stereocenters. The maximum absolute atomic E-state index is 7.51. The van der Waals surface area contributed by atoms with E-state index < -0.39 is 18.3 Å². The van der Waals surface area contributed by atoms with Crippen LogP contribution in [0, 0.1) is 5.41 Å². The van der Waals surface area contributed by atoms with E-state index in [1.807, 2.05) is 34.6 Å². The van der Waals surface area contributed by atoms with E-state index in [0.717, 1.165) is 0 Å². The van der Waals surface area contributed by atoms with Crippen LogP contribution >= 0.6 is 0 Å². The molecule has 6 heteroatoms. The molecule has 2 N–H and O–H groups in total. The van der Waals surface area contributed by atoms with Crippen molar-refractivity contribution in [1.29, 1.82) is 5.41 Å². The monoisotopic (exact) mass is 268 g/mol. The van der Waals surface area contributed by atoms with Crippen molar-refractivity contribution in [3.8, 4) is 0 Å². The normalized spacial score (nSPS) is 23.3. The zero-order chi connectivity index (χ0) is 14.7. The molecule has 1 aliphatic heterocycles. The maximum Gasteiger partial charge on any atom is 0.497 e. The number of methoxy groups -OCH3 is 1. The van der Waals surface area contributed by atoms with E-state index >= 15 is 0 Å². The SMILES string of the molecule is COCC(C)N/C=C(\C=N)B1OC(C)(C)C(C)(C)O1. The lowest BCUT2D eigenvalue weighted by Crippen LogP contribution is -2.41. The zero-order valence-corrected chi connectivity index (χ0v) is 12.7. The number of rotatable bonds is 6. The zero-order valence-electron chi connectivity index (χ0n) is 12.7. The molecule has 0 aromatic rings. The molecule has 0 bridgehead atoms. The first-order chi connectivity index (χ1) is 8.73. The van der Waals surface area contributed by atoms with E-state index in [1.54, 1.807) is 13.3 Å². The lowest BCUT2D eigenvalue weighted by molar-refractivity contribution is 0.00578. The Balaban J connectivity index is 2.72. The second kappa shape index (κ2) is 6.07. The molecule has 1 fully saturated rings. The fraction of sp³-hybridized carbons (Fsp3) is 0.769. The van der Waals surface area contributed by atoms with Crippen molar-refractivity contribution in [2.75, 3.05) is 13.7 Å². The van der Waals surface area contributed by atoms with Crippen molar-refractivity contribution >= 4 is 13.3 Å². The van der Waals surface area contributed by atoms with E-state index in [9.17, 15) is 0 Å². The molecule has 0 spiro atoms. The van der Waals surface area contributed by atoms with Gasteiger partial charge in [0, 0.05) is 24.8 Å². The third kappa shape index (κ3) is 3.81. The summed E-state index contributed by atoms with van der Waals surface area (Å²) in [6.07, 6.45) is 3.02. The van der Waals surface area contributed by atoms with Crippen LogP contribution in [0.3, 0.4) is 0 Å². The van der Waals surface area contributed by atoms with Crippen molar-refractivity contribution in [2.24, 2.45) is 0 Å². The Morgan fingerprint density at radius 2 is 1.84 bits per heavy atom. The summed E-state index contributed by atoms with van der Waals surface area (Å²) < 4.78 is 16.8. The Bertz CT molecular complexity index is 340. The summed E-state index contributed by atoms with van der Waals surface area (Å²) in [5.74, 6) is 0. The highest BCUT2D eigenvalue weighted by molar-refractivity contribution is 6.60. The fourth-order valence-electron chi connectivity index (χ4n) is 1.69. The van der Waals surface area contributed by atoms with Gasteiger partial charge in [0.2, 0.25) is 0 Å². The molecule has 0 radical (unpaired) electrons. The van der Waals surface area contributed by atoms with Crippen LogP contribution < -0.4 is 5.32 Å². The summed E-state index contributed by atoms with van der Waals surface area (Å²) >= 11 is 0. The van der Waals surface area contributed by atoms with Gasteiger partial charge in [0.05, 0.1) is 17.8 Å². The Morgan fingerprint density at radius 1 is 1.32 bits per heavy atom. The highest BCUT2D eigenvalue weighted by atomic mass is 16.7. The Hall–Kier alpha value is -0.845. The molecular formula is C13H25BN2O3. The van der Waals surface area contributed by atoms with Gasteiger partial charge in [-0.15, -0.1) is 0 Å². The van der Waals surface area contributed by atoms with Crippen LogP contribution in [0.2, 0.25) is 0 Å². The predicted octanol–water partition coefficient (Wildman–Crippen LogP) is 1.78. The number of hydrogen-bond donors (Lipinski definition) is 2. The first kappa shape index (κ1) is 16.2. The third-order valence-electron chi connectivity index (χ3n) is 3.64. The van der Waals surface area contributed by atoms with Gasteiger partial charge in [0.15, 0.2) is 0 Å². The highest BCUT2D eigenvalue weighted by Crippen LogP contribution is 2.38. The molecule has 0 amide bonds. The van der Waals surface area contributed by atoms with Gasteiger partial charge >= 0.3 is 7.12 Å². The summed E-state index contributed by atoms with van der Waals surface area (Å²) in [5, 5.41) is 10.7. The predicted molar refractivity (Wildman–Crippen MR) is 77.4 cm³/mol. The first-order valence-electron chi connectivity index (χ1n) is 6.54. The van der Waals surface area contributed by atoms with Crippen LogP contribution in [-0.4, -0.2) is 44.3 Å². The van der Waals surface area contributed by atoms with Crippen LogP contribution in [0.1, 0.15) is 34.6 Å². The molecule has 1 aliphatic rings. The summed E-state index contributed by atoms with van der Waals surface area (Å²) in [7, 11) is 1.15. The minimum Gasteiger partial charge on any atom is -0.399 e. The number of allylic oxidation sites excluding steroid dienone is 1. The van der Waals surface area contributed by atoms with Gasteiger partial charge < -0.3 is 24.8 Å². The van der Waals surface area contributed by atoms with Crippen molar-refractivity contribution in [3.05, 3.63) is 11.7 Å². The molecule has 0 aromatic heterocycles. The van der Waals surface area contributed by atoms with E-state index in [4.69, 9.17) is 19.5 Å². The van der Waals surface area contributed by atoms with Gasteiger partial charge in [0.25, 0.3) is 0 Å². The second-order valence-electron chi connectivity index (χ2n) is 5.90. The second-order valence-corrected chi connectivity index (χ2v) is 5.90. The summed E-state index contributed by atoms with van der Waals surface area (Å²) in [6.45, 7) is 10.6. The Labute approximate surface area is 116 Å². The van der Waals surface area contributed by atoms with E-state index in [0.29, 0.717) is 12.1 Å². The minimum absolute atomic E-state index is 0.169. The van der Waals surface area contributed by atoms with Crippen molar-refractivity contribution in [1.82, 2.24) is 5.32 Å². The van der Waals surface area contributed by atoms with Crippen molar-refractivity contribution in [3.63, 3.8) is 0 Å². The van der Waals surface area contributed by atoms with E-state index in [1.165, 1.54) is 6.21 Å². The minimum atomic E-state index is -0.509. The molecule has 5 nitrogen and oxygen atoms in total. The molecule has 1 heterocycles. The van der Waals surface area contributed by atoms with Gasteiger partial charge in [0.1, 0.15) is 0 Å². The molecular weight excluding hydrogens is 243 g/mol. The maximum atomic E-state index is 7.51. The van der Waals surface area contributed by atoms with Crippen LogP contribution in [0.25, 0.3) is 0 Å². The number of nitrogens with one attached hydrogen (secondary N) is 2. The molecule has 1 saturated heterocycles. The largest absolute Gasteiger partial charge is 0.497 e. The van der Waals surface area contributed by atoms with Crippen LogP contribution in [0.15, 0.2) is 11.7 Å². The topological polar surface area (TPSA) is 63.6 Å². The smallest absolute Gasteiger partial charge is 0.399 e. The third-order valence-corrected chi connectivity index (χ3v) is 3.64. The molecule has 19 heavy (non-hydrogen) atoms. The van der Waals surface area contributed by atoms with Crippen LogP contribution in [0.5, 0.6) is 0 Å². The van der Waals surface area contributed by atoms with Gasteiger partial charge in [-0.25, -0.2) is 0 Å². The molecule has 0 saturated carbocycles. The fourth-order valence-corrected chi connectivity index (χ4v) is 1.69. The molecule has 1 rings (SSSR count). The average molecular weight is 268 g/mol. The van der Waals surface area contributed by atoms with Gasteiger partial charge in [-0.05, 0) is 40.8 Å².